The molecule has 8 nitrogen and oxygen atoms in total. The van der Waals surface area contributed by atoms with Gasteiger partial charge in [0.05, 0.1) is 5.69 Å². The van der Waals surface area contributed by atoms with Crippen LogP contribution in [-0.4, -0.2) is 44.9 Å². The maximum absolute atomic E-state index is 12.6. The highest BCUT2D eigenvalue weighted by Crippen LogP contribution is 2.21. The molecule has 0 spiro atoms. The minimum absolute atomic E-state index is 0.156. The van der Waals surface area contributed by atoms with Gasteiger partial charge in [0.2, 0.25) is 5.95 Å². The van der Waals surface area contributed by atoms with E-state index in [4.69, 9.17) is 4.98 Å². The largest absolute Gasteiger partial charge is 0.357 e. The maximum Gasteiger partial charge on any atom is 0.278 e. The van der Waals surface area contributed by atoms with Gasteiger partial charge < -0.3 is 9.80 Å². The van der Waals surface area contributed by atoms with Crippen molar-refractivity contribution < 1.29 is 0 Å². The minimum Gasteiger partial charge on any atom is -0.357 e. The van der Waals surface area contributed by atoms with Gasteiger partial charge in [-0.15, -0.1) is 0 Å². The zero-order valence-corrected chi connectivity index (χ0v) is 16.8. The number of aromatic amines is 1. The molecule has 0 unspecified atom stereocenters. The second-order valence-corrected chi connectivity index (χ2v) is 7.48. The van der Waals surface area contributed by atoms with Gasteiger partial charge >= 0.3 is 0 Å². The second kappa shape index (κ2) is 7.61. The number of anilines is 2. The predicted octanol–water partition coefficient (Wildman–Crippen LogP) is 2.24. The van der Waals surface area contributed by atoms with Gasteiger partial charge in [0.1, 0.15) is 11.3 Å². The molecule has 0 radical (unpaired) electrons. The number of aryl methyl sites for hydroxylation is 2. The van der Waals surface area contributed by atoms with Crippen molar-refractivity contribution in [1.29, 1.82) is 0 Å². The predicted molar refractivity (Wildman–Crippen MR) is 111 cm³/mol. The molecule has 1 saturated heterocycles. The van der Waals surface area contributed by atoms with E-state index in [-0.39, 0.29) is 5.56 Å². The lowest BCUT2D eigenvalue weighted by atomic mass is 10.2. The SMILES string of the molecule is CCCc1nn(C)c2c(=O)[nH]c(N(C)Cc3ccnc(N4CCCC4)c3)nc12. The van der Waals surface area contributed by atoms with Crippen LogP contribution >= 0.6 is 0 Å². The third-order valence-electron chi connectivity index (χ3n) is 5.26. The second-order valence-electron chi connectivity index (χ2n) is 7.48. The first-order valence-corrected chi connectivity index (χ1v) is 9.93. The van der Waals surface area contributed by atoms with Gasteiger partial charge in [-0.3, -0.25) is 14.5 Å². The first kappa shape index (κ1) is 18.5. The first-order valence-electron chi connectivity index (χ1n) is 9.93. The van der Waals surface area contributed by atoms with Gasteiger partial charge in [-0.1, -0.05) is 13.3 Å². The molecule has 0 saturated carbocycles. The highest BCUT2D eigenvalue weighted by atomic mass is 16.1. The summed E-state index contributed by atoms with van der Waals surface area (Å²) in [5, 5.41) is 4.48. The molecule has 3 aromatic heterocycles. The summed E-state index contributed by atoms with van der Waals surface area (Å²) in [4.78, 5) is 29.1. The zero-order valence-electron chi connectivity index (χ0n) is 16.8. The molecule has 1 aliphatic heterocycles. The number of rotatable bonds is 6. The van der Waals surface area contributed by atoms with Crippen LogP contribution in [0, 0.1) is 0 Å². The average molecular weight is 381 g/mol. The summed E-state index contributed by atoms with van der Waals surface area (Å²) in [6, 6.07) is 4.14. The topological polar surface area (TPSA) is 82.9 Å². The Morgan fingerprint density at radius 3 is 2.82 bits per heavy atom. The van der Waals surface area contributed by atoms with Gasteiger partial charge in [-0.05, 0) is 37.0 Å². The molecule has 148 valence electrons. The van der Waals surface area contributed by atoms with Crippen molar-refractivity contribution in [2.24, 2.45) is 7.05 Å². The normalized spacial score (nSPS) is 14.2. The summed E-state index contributed by atoms with van der Waals surface area (Å²) in [6.07, 6.45) is 6.07. The van der Waals surface area contributed by atoms with Crippen LogP contribution in [0.15, 0.2) is 23.1 Å². The molecule has 8 heteroatoms. The van der Waals surface area contributed by atoms with E-state index in [0.29, 0.717) is 23.5 Å². The van der Waals surface area contributed by atoms with Gasteiger partial charge in [-0.2, -0.15) is 5.10 Å². The fraction of sp³-hybridized carbons (Fsp3) is 0.500. The molecular formula is C20H27N7O. The van der Waals surface area contributed by atoms with E-state index in [1.807, 2.05) is 24.2 Å². The average Bonchev–Trinajstić information content (AvgIpc) is 3.31. The van der Waals surface area contributed by atoms with Gasteiger partial charge in [0.15, 0.2) is 5.52 Å². The third-order valence-corrected chi connectivity index (χ3v) is 5.26. The van der Waals surface area contributed by atoms with Gasteiger partial charge in [0, 0.05) is 39.9 Å². The van der Waals surface area contributed by atoms with Crippen molar-refractivity contribution in [3.63, 3.8) is 0 Å². The van der Waals surface area contributed by atoms with Crippen LogP contribution in [0.5, 0.6) is 0 Å². The van der Waals surface area contributed by atoms with Crippen molar-refractivity contribution in [3.8, 4) is 0 Å². The molecule has 4 heterocycles. The number of H-pyrrole nitrogens is 1. The lowest BCUT2D eigenvalue weighted by molar-refractivity contribution is 0.750. The summed E-state index contributed by atoms with van der Waals surface area (Å²) in [7, 11) is 3.73. The Morgan fingerprint density at radius 2 is 2.07 bits per heavy atom. The van der Waals surface area contributed by atoms with E-state index >= 15 is 0 Å². The fourth-order valence-electron chi connectivity index (χ4n) is 3.85. The number of hydrogen-bond acceptors (Lipinski definition) is 6. The Balaban J connectivity index is 1.62. The molecule has 0 atom stereocenters. The molecule has 3 aromatic rings. The summed E-state index contributed by atoms with van der Waals surface area (Å²) < 4.78 is 1.63. The number of nitrogens with one attached hydrogen (secondary N) is 1. The lowest BCUT2D eigenvalue weighted by Gasteiger charge is -2.20. The van der Waals surface area contributed by atoms with Crippen molar-refractivity contribution >= 4 is 22.8 Å². The van der Waals surface area contributed by atoms with Crippen molar-refractivity contribution in [2.45, 2.75) is 39.2 Å². The standard InChI is InChI=1S/C20H27N7O/c1-4-7-15-17-18(26(3)24-15)19(28)23-20(22-17)25(2)13-14-8-9-21-16(12-14)27-10-5-6-11-27/h8-9,12H,4-7,10-11,13H2,1-3H3,(H,22,23,28). The van der Waals surface area contributed by atoms with Crippen molar-refractivity contribution in [2.75, 3.05) is 29.9 Å². The quantitative estimate of drug-likeness (QED) is 0.705. The summed E-state index contributed by atoms with van der Waals surface area (Å²) >= 11 is 0. The number of hydrogen-bond donors (Lipinski definition) is 1. The molecular weight excluding hydrogens is 354 g/mol. The molecule has 0 amide bonds. The smallest absolute Gasteiger partial charge is 0.278 e. The van der Waals surface area contributed by atoms with E-state index in [2.05, 4.69) is 33.0 Å². The Bertz CT molecular complexity index is 1030. The van der Waals surface area contributed by atoms with E-state index in [1.165, 1.54) is 12.8 Å². The molecule has 0 aromatic carbocycles. The van der Waals surface area contributed by atoms with Gasteiger partial charge in [0.25, 0.3) is 5.56 Å². The van der Waals surface area contributed by atoms with E-state index in [9.17, 15) is 4.79 Å². The Morgan fingerprint density at radius 1 is 1.29 bits per heavy atom. The molecule has 1 fully saturated rings. The monoisotopic (exact) mass is 381 g/mol. The van der Waals surface area contributed by atoms with Gasteiger partial charge in [-0.25, -0.2) is 9.97 Å². The molecule has 0 aliphatic carbocycles. The Hall–Kier alpha value is -2.90. The highest BCUT2D eigenvalue weighted by molar-refractivity contribution is 5.77. The maximum atomic E-state index is 12.6. The molecule has 4 rings (SSSR count). The van der Waals surface area contributed by atoms with Crippen LogP contribution in [0.1, 0.15) is 37.4 Å². The van der Waals surface area contributed by atoms with Crippen LogP contribution in [0.3, 0.4) is 0 Å². The first-order chi connectivity index (χ1) is 13.6. The Labute approximate surface area is 164 Å². The van der Waals surface area contributed by atoms with E-state index in [1.54, 1.807) is 11.7 Å². The summed E-state index contributed by atoms with van der Waals surface area (Å²) in [5.41, 5.74) is 3.09. The highest BCUT2D eigenvalue weighted by Gasteiger charge is 2.17. The number of nitrogens with zero attached hydrogens (tertiary/aromatic N) is 6. The number of pyridine rings is 1. The molecule has 0 bridgehead atoms. The van der Waals surface area contributed by atoms with E-state index < -0.39 is 0 Å². The van der Waals surface area contributed by atoms with Crippen LogP contribution in [0.4, 0.5) is 11.8 Å². The minimum atomic E-state index is -0.156. The molecule has 28 heavy (non-hydrogen) atoms. The Kier molecular flexibility index (Phi) is 5.02. The number of aromatic nitrogens is 5. The van der Waals surface area contributed by atoms with Crippen LogP contribution in [0.25, 0.3) is 11.0 Å². The van der Waals surface area contributed by atoms with Crippen molar-refractivity contribution in [3.05, 3.63) is 39.9 Å². The van der Waals surface area contributed by atoms with Crippen LogP contribution in [-0.2, 0) is 20.0 Å². The van der Waals surface area contributed by atoms with Crippen LogP contribution in [0.2, 0.25) is 0 Å². The van der Waals surface area contributed by atoms with Crippen molar-refractivity contribution in [1.82, 2.24) is 24.7 Å². The lowest BCUT2D eigenvalue weighted by Crippen LogP contribution is -2.24. The van der Waals surface area contributed by atoms with Crippen LogP contribution < -0.4 is 15.4 Å². The summed E-state index contributed by atoms with van der Waals surface area (Å²) in [6.45, 7) is 4.88. The molecule has 1 aliphatic rings. The third kappa shape index (κ3) is 3.46. The zero-order chi connectivity index (χ0) is 19.7. The number of fused-ring (bicyclic) bond motifs is 1. The van der Waals surface area contributed by atoms with E-state index in [0.717, 1.165) is 43.0 Å². The summed E-state index contributed by atoms with van der Waals surface area (Å²) in [5.74, 6) is 1.58. The fourth-order valence-corrected chi connectivity index (χ4v) is 3.85. The molecule has 1 N–H and O–H groups in total.